The number of aromatic amines is 1. The minimum absolute atomic E-state index is 0.0707. The van der Waals surface area contributed by atoms with E-state index in [1.165, 1.54) is 5.56 Å². The highest BCUT2D eigenvalue weighted by Crippen LogP contribution is 2.16. The number of nitrogens with zero attached hydrogens (tertiary/aromatic N) is 2. The summed E-state index contributed by atoms with van der Waals surface area (Å²) in [6.45, 7) is 2.85. The largest absolute Gasteiger partial charge is 0.327 e. The first-order valence-electron chi connectivity index (χ1n) is 7.40. The number of pyridine rings is 1. The molecule has 0 saturated carbocycles. The third-order valence-electron chi connectivity index (χ3n) is 3.68. The van der Waals surface area contributed by atoms with Crippen molar-refractivity contribution in [2.24, 2.45) is 0 Å². The maximum absolute atomic E-state index is 12.2. The molecule has 2 heterocycles. The molecule has 0 unspecified atom stereocenters. The molecule has 108 valence electrons. The van der Waals surface area contributed by atoms with Crippen molar-refractivity contribution in [2.75, 3.05) is 0 Å². The van der Waals surface area contributed by atoms with Crippen LogP contribution in [0.1, 0.15) is 31.2 Å². The molecule has 0 fully saturated rings. The molecule has 3 rings (SSSR count). The van der Waals surface area contributed by atoms with Crippen LogP contribution in [0.25, 0.3) is 11.0 Å². The fraction of sp³-hybridized carbons (Fsp3) is 0.294. The molecule has 0 spiro atoms. The Balaban J connectivity index is 2.10. The number of H-pyrrole nitrogens is 1. The second-order valence-electron chi connectivity index (χ2n) is 5.24. The Morgan fingerprint density at radius 2 is 2.00 bits per heavy atom. The van der Waals surface area contributed by atoms with Crippen molar-refractivity contribution in [3.8, 4) is 0 Å². The molecule has 1 N–H and O–H groups in total. The minimum atomic E-state index is -0.0707. The topological polar surface area (TPSA) is 50.7 Å². The van der Waals surface area contributed by atoms with Crippen LogP contribution < -0.4 is 5.56 Å². The lowest BCUT2D eigenvalue weighted by Gasteiger charge is -2.08. The smallest absolute Gasteiger partial charge is 0.274 e. The van der Waals surface area contributed by atoms with Crippen LogP contribution in [-0.4, -0.2) is 14.5 Å². The molecular formula is C17H19N3O. The quantitative estimate of drug-likeness (QED) is 0.781. The summed E-state index contributed by atoms with van der Waals surface area (Å²) in [6, 6.07) is 12.1. The molecule has 0 atom stereocenters. The van der Waals surface area contributed by atoms with Crippen molar-refractivity contribution in [1.82, 2.24) is 14.5 Å². The minimum Gasteiger partial charge on any atom is -0.327 e. The summed E-state index contributed by atoms with van der Waals surface area (Å²) in [5.74, 6) is 0.993. The zero-order valence-corrected chi connectivity index (χ0v) is 12.2. The van der Waals surface area contributed by atoms with Crippen LogP contribution in [0.2, 0.25) is 0 Å². The highest BCUT2D eigenvalue weighted by molar-refractivity contribution is 5.74. The van der Waals surface area contributed by atoms with E-state index < -0.39 is 0 Å². The van der Waals surface area contributed by atoms with Crippen molar-refractivity contribution in [2.45, 2.75) is 32.7 Å². The van der Waals surface area contributed by atoms with Gasteiger partial charge < -0.3 is 9.55 Å². The van der Waals surface area contributed by atoms with Crippen molar-refractivity contribution in [3.05, 3.63) is 64.3 Å². The van der Waals surface area contributed by atoms with Crippen molar-refractivity contribution in [3.63, 3.8) is 0 Å². The van der Waals surface area contributed by atoms with Gasteiger partial charge in [0, 0.05) is 19.2 Å². The van der Waals surface area contributed by atoms with Gasteiger partial charge in [-0.25, -0.2) is 4.98 Å². The van der Waals surface area contributed by atoms with E-state index in [9.17, 15) is 4.79 Å². The summed E-state index contributed by atoms with van der Waals surface area (Å²) < 4.78 is 2.05. The average Bonchev–Trinajstić information content (AvgIpc) is 2.85. The molecule has 0 bridgehead atoms. The number of fused-ring (bicyclic) bond motifs is 1. The molecule has 21 heavy (non-hydrogen) atoms. The zero-order chi connectivity index (χ0) is 14.7. The van der Waals surface area contributed by atoms with Crippen LogP contribution >= 0.6 is 0 Å². The summed E-state index contributed by atoms with van der Waals surface area (Å²) >= 11 is 0. The first-order chi connectivity index (χ1) is 10.3. The second-order valence-corrected chi connectivity index (χ2v) is 5.24. The van der Waals surface area contributed by atoms with Gasteiger partial charge in [-0.15, -0.1) is 0 Å². The highest BCUT2D eigenvalue weighted by Gasteiger charge is 2.13. The number of hydrogen-bond donors (Lipinski definition) is 1. The monoisotopic (exact) mass is 281 g/mol. The van der Waals surface area contributed by atoms with Crippen LogP contribution in [0.5, 0.6) is 0 Å². The van der Waals surface area contributed by atoms with Crippen LogP contribution in [-0.2, 0) is 13.0 Å². The van der Waals surface area contributed by atoms with Crippen LogP contribution in [0.15, 0.2) is 47.4 Å². The van der Waals surface area contributed by atoms with E-state index in [1.807, 2.05) is 24.3 Å². The standard InChI is InChI=1S/C17H19N3O/c1-2-3-9-15-19-14-10-11-18-17(21)16(14)20(15)12-13-7-5-4-6-8-13/h4-8,10-11H,2-3,9,12H2,1H3,(H,18,21). The van der Waals surface area contributed by atoms with Crippen molar-refractivity contribution >= 4 is 11.0 Å². The Morgan fingerprint density at radius 3 is 2.76 bits per heavy atom. The Morgan fingerprint density at radius 1 is 1.19 bits per heavy atom. The number of aryl methyl sites for hydroxylation is 1. The maximum atomic E-state index is 12.2. The van der Waals surface area contributed by atoms with E-state index in [-0.39, 0.29) is 5.56 Å². The first-order valence-corrected chi connectivity index (χ1v) is 7.40. The summed E-state index contributed by atoms with van der Waals surface area (Å²) in [6.07, 6.45) is 4.76. The number of unbranched alkanes of at least 4 members (excludes halogenated alkanes) is 1. The van der Waals surface area contributed by atoms with Gasteiger partial charge >= 0.3 is 0 Å². The van der Waals surface area contributed by atoms with Gasteiger partial charge in [0.05, 0.1) is 5.52 Å². The van der Waals surface area contributed by atoms with E-state index >= 15 is 0 Å². The van der Waals surface area contributed by atoms with Crippen molar-refractivity contribution < 1.29 is 0 Å². The lowest BCUT2D eigenvalue weighted by Crippen LogP contribution is -2.13. The van der Waals surface area contributed by atoms with E-state index in [4.69, 9.17) is 0 Å². The van der Waals surface area contributed by atoms with Gasteiger partial charge in [0.1, 0.15) is 11.3 Å². The van der Waals surface area contributed by atoms with Crippen molar-refractivity contribution in [1.29, 1.82) is 0 Å². The molecule has 0 aliphatic carbocycles. The molecular weight excluding hydrogens is 262 g/mol. The molecule has 0 radical (unpaired) electrons. The number of benzene rings is 1. The van der Waals surface area contributed by atoms with Crippen LogP contribution in [0.4, 0.5) is 0 Å². The third kappa shape index (κ3) is 2.75. The Hall–Kier alpha value is -2.36. The molecule has 0 saturated heterocycles. The van der Waals surface area contributed by atoms with Crippen LogP contribution in [0.3, 0.4) is 0 Å². The lowest BCUT2D eigenvalue weighted by molar-refractivity contribution is 0.688. The molecule has 4 heteroatoms. The Bertz CT molecular complexity index is 787. The normalized spacial score (nSPS) is 11.1. The summed E-state index contributed by atoms with van der Waals surface area (Å²) in [5.41, 5.74) is 2.56. The molecule has 1 aromatic carbocycles. The van der Waals surface area contributed by atoms with Crippen LogP contribution in [0, 0.1) is 0 Å². The fourth-order valence-corrected chi connectivity index (χ4v) is 2.60. The number of nitrogens with one attached hydrogen (secondary N) is 1. The van der Waals surface area contributed by atoms with Gasteiger partial charge in [-0.2, -0.15) is 0 Å². The molecule has 3 aromatic rings. The second kappa shape index (κ2) is 5.95. The lowest BCUT2D eigenvalue weighted by atomic mass is 10.2. The van der Waals surface area contributed by atoms with E-state index in [0.29, 0.717) is 12.1 Å². The van der Waals surface area contributed by atoms with Gasteiger partial charge in [-0.05, 0) is 18.1 Å². The molecule has 0 aliphatic rings. The summed E-state index contributed by atoms with van der Waals surface area (Å²) in [7, 11) is 0. The number of aromatic nitrogens is 3. The van der Waals surface area contributed by atoms with E-state index in [1.54, 1.807) is 6.20 Å². The average molecular weight is 281 g/mol. The van der Waals surface area contributed by atoms with Gasteiger partial charge in [0.25, 0.3) is 5.56 Å². The summed E-state index contributed by atoms with van der Waals surface area (Å²) in [5, 5.41) is 0. The van der Waals surface area contributed by atoms with E-state index in [0.717, 1.165) is 30.6 Å². The van der Waals surface area contributed by atoms with Gasteiger partial charge in [0.2, 0.25) is 0 Å². The number of rotatable bonds is 5. The van der Waals surface area contributed by atoms with Gasteiger partial charge in [-0.1, -0.05) is 43.7 Å². The van der Waals surface area contributed by atoms with Gasteiger partial charge in [-0.3, -0.25) is 4.79 Å². The number of imidazole rings is 1. The SMILES string of the molecule is CCCCc1nc2cc[nH]c(=O)c2n1Cc1ccccc1. The predicted molar refractivity (Wildman–Crippen MR) is 84.5 cm³/mol. The first kappa shape index (κ1) is 13.6. The maximum Gasteiger partial charge on any atom is 0.274 e. The van der Waals surface area contributed by atoms with E-state index in [2.05, 4.69) is 33.6 Å². The number of hydrogen-bond acceptors (Lipinski definition) is 2. The fourth-order valence-electron chi connectivity index (χ4n) is 2.60. The zero-order valence-electron chi connectivity index (χ0n) is 12.2. The predicted octanol–water partition coefficient (Wildman–Crippen LogP) is 3.12. The molecule has 4 nitrogen and oxygen atoms in total. The molecule has 0 amide bonds. The Kier molecular flexibility index (Phi) is 3.86. The third-order valence-corrected chi connectivity index (χ3v) is 3.68. The summed E-state index contributed by atoms with van der Waals surface area (Å²) in [4.78, 5) is 19.6. The highest BCUT2D eigenvalue weighted by atomic mass is 16.1. The molecule has 0 aliphatic heterocycles. The molecule has 2 aromatic heterocycles. The Labute approximate surface area is 123 Å². The van der Waals surface area contributed by atoms with Gasteiger partial charge in [0.15, 0.2) is 0 Å².